The molecule has 21 heavy (non-hydrogen) atoms. The molecule has 2 aromatic rings. The van der Waals surface area contributed by atoms with Gasteiger partial charge in [0.15, 0.2) is 17.5 Å². The van der Waals surface area contributed by atoms with E-state index in [4.69, 9.17) is 5.21 Å². The third kappa shape index (κ3) is 3.08. The summed E-state index contributed by atoms with van der Waals surface area (Å²) in [6, 6.07) is 0.957. The maximum absolute atomic E-state index is 13.6. The van der Waals surface area contributed by atoms with Gasteiger partial charge in [0.25, 0.3) is 0 Å². The van der Waals surface area contributed by atoms with Crippen LogP contribution in [0.5, 0.6) is 0 Å². The minimum atomic E-state index is -1.06. The molecule has 0 aliphatic rings. The molecule has 0 fully saturated rings. The Kier molecular flexibility index (Phi) is 4.63. The fraction of sp³-hybridized carbons (Fsp3) is 0.333. The molecule has 1 unspecified atom stereocenters. The van der Waals surface area contributed by atoms with Gasteiger partial charge in [0, 0.05) is 0 Å². The van der Waals surface area contributed by atoms with Gasteiger partial charge >= 0.3 is 0 Å². The lowest BCUT2D eigenvalue weighted by molar-refractivity contribution is 0.318. The quantitative estimate of drug-likeness (QED) is 0.201. The number of fused-ring (bicyclic) bond motifs is 1. The Bertz CT molecular complexity index is 673. The number of nitrogens with zero attached hydrogens (tertiary/aromatic N) is 3. The van der Waals surface area contributed by atoms with Crippen molar-refractivity contribution in [1.29, 1.82) is 0 Å². The Hall–Kier alpha value is -1.87. The Labute approximate surface area is 124 Å². The highest BCUT2D eigenvalue weighted by atomic mass is 32.2. The molecule has 0 aliphatic carbocycles. The van der Waals surface area contributed by atoms with Crippen LogP contribution in [-0.4, -0.2) is 45.4 Å². The number of H-pyrrole nitrogens is 1. The number of oxime groups is 1. The Morgan fingerprint density at radius 1 is 1.52 bits per heavy atom. The van der Waals surface area contributed by atoms with Crippen molar-refractivity contribution in [3.63, 3.8) is 0 Å². The lowest BCUT2D eigenvalue weighted by atomic mass is 10.1. The molecule has 114 valence electrons. The summed E-state index contributed by atoms with van der Waals surface area (Å²) in [7, 11) is 3.78. The Morgan fingerprint density at radius 2 is 2.24 bits per heavy atom. The molecule has 1 heterocycles. The summed E-state index contributed by atoms with van der Waals surface area (Å²) >= 11 is 1.27. The number of aromatic amines is 1. The number of nitrogens with one attached hydrogen (secondary N) is 2. The first-order valence-corrected chi connectivity index (χ1v) is 6.95. The van der Waals surface area contributed by atoms with Gasteiger partial charge < -0.3 is 14.9 Å². The van der Waals surface area contributed by atoms with Gasteiger partial charge in [-0.15, -0.1) is 0 Å². The van der Waals surface area contributed by atoms with Crippen LogP contribution in [0, 0.1) is 11.6 Å². The van der Waals surface area contributed by atoms with Crippen molar-refractivity contribution < 1.29 is 14.0 Å². The van der Waals surface area contributed by atoms with Crippen LogP contribution >= 0.6 is 11.9 Å². The average molecular weight is 315 g/mol. The van der Waals surface area contributed by atoms with Gasteiger partial charge in [0.2, 0.25) is 0 Å². The topological polar surface area (TPSA) is 76.5 Å². The summed E-state index contributed by atoms with van der Waals surface area (Å²) in [4.78, 5) is 8.38. The molecule has 0 spiro atoms. The van der Waals surface area contributed by atoms with E-state index in [1.54, 1.807) is 0 Å². The molecular formula is C12H15F2N5OS. The highest BCUT2D eigenvalue weighted by Crippen LogP contribution is 2.22. The summed E-state index contributed by atoms with van der Waals surface area (Å²) in [6.45, 7) is 1.93. The molecule has 1 atom stereocenters. The zero-order chi connectivity index (χ0) is 15.6. The van der Waals surface area contributed by atoms with Gasteiger partial charge in [-0.3, -0.25) is 4.90 Å². The number of aromatic nitrogens is 2. The van der Waals surface area contributed by atoms with Crippen LogP contribution in [-0.2, 0) is 0 Å². The second-order valence-corrected chi connectivity index (χ2v) is 5.70. The maximum Gasteiger partial charge on any atom is 0.186 e. The summed E-state index contributed by atoms with van der Waals surface area (Å²) in [5.41, 5.74) is 0.313. The minimum Gasteiger partial charge on any atom is -0.409 e. The molecule has 2 rings (SSSR count). The van der Waals surface area contributed by atoms with Crippen LogP contribution in [0.2, 0.25) is 0 Å². The van der Waals surface area contributed by atoms with Crippen molar-refractivity contribution in [1.82, 2.24) is 19.6 Å². The second-order valence-electron chi connectivity index (χ2n) is 4.58. The summed E-state index contributed by atoms with van der Waals surface area (Å²) < 4.78 is 30.0. The van der Waals surface area contributed by atoms with E-state index in [0.29, 0.717) is 0 Å². The van der Waals surface area contributed by atoms with Crippen LogP contribution < -0.4 is 4.72 Å². The van der Waals surface area contributed by atoms with E-state index in [9.17, 15) is 8.78 Å². The number of amidine groups is 1. The monoisotopic (exact) mass is 315 g/mol. The summed E-state index contributed by atoms with van der Waals surface area (Å²) in [6.07, 6.45) is 1.25. The van der Waals surface area contributed by atoms with Crippen molar-refractivity contribution in [2.45, 2.75) is 12.3 Å². The molecule has 9 heteroatoms. The van der Waals surface area contributed by atoms with Crippen LogP contribution in [0.15, 0.2) is 17.5 Å². The third-order valence-corrected chi connectivity index (χ3v) is 4.08. The number of hydrogen-bond acceptors (Lipinski definition) is 5. The van der Waals surface area contributed by atoms with Crippen LogP contribution in [0.4, 0.5) is 8.78 Å². The van der Waals surface area contributed by atoms with Crippen molar-refractivity contribution in [3.05, 3.63) is 29.6 Å². The molecule has 0 saturated heterocycles. The van der Waals surface area contributed by atoms with Gasteiger partial charge in [-0.25, -0.2) is 13.8 Å². The van der Waals surface area contributed by atoms with Gasteiger partial charge in [-0.1, -0.05) is 5.16 Å². The average Bonchev–Trinajstić information content (AvgIpc) is 2.93. The molecule has 0 saturated carbocycles. The standard InChI is InChI=1S/C12H15F2N5OS/c1-6(19(2)3)21-18-12(17-20)7-4-8(13)9(14)11-10(7)15-5-16-11/h4-6,20H,1-3H3,(H,15,16)(H,17,18). The zero-order valence-electron chi connectivity index (χ0n) is 11.7. The number of benzene rings is 1. The normalized spacial score (nSPS) is 13.9. The first kappa shape index (κ1) is 15.5. The molecule has 6 nitrogen and oxygen atoms in total. The molecule has 3 N–H and O–H groups in total. The van der Waals surface area contributed by atoms with Crippen molar-refractivity contribution in [2.75, 3.05) is 14.1 Å². The predicted octanol–water partition coefficient (Wildman–Crippen LogP) is 2.12. The number of halogens is 2. The highest BCUT2D eigenvalue weighted by molar-refractivity contribution is 7.98. The Morgan fingerprint density at radius 3 is 2.86 bits per heavy atom. The lowest BCUT2D eigenvalue weighted by Crippen LogP contribution is -2.28. The van der Waals surface area contributed by atoms with E-state index >= 15 is 0 Å². The molecule has 0 aliphatic heterocycles. The van der Waals surface area contributed by atoms with Crippen molar-refractivity contribution in [3.8, 4) is 0 Å². The van der Waals surface area contributed by atoms with Crippen molar-refractivity contribution in [2.24, 2.45) is 5.16 Å². The van der Waals surface area contributed by atoms with Gasteiger partial charge in [-0.05, 0) is 39.0 Å². The van der Waals surface area contributed by atoms with E-state index < -0.39 is 11.6 Å². The first-order chi connectivity index (χ1) is 9.95. The van der Waals surface area contributed by atoms with E-state index in [1.807, 2.05) is 25.9 Å². The summed E-state index contributed by atoms with van der Waals surface area (Å²) in [5, 5.41) is 12.3. The van der Waals surface area contributed by atoms with E-state index in [0.717, 1.165) is 6.07 Å². The SMILES string of the molecule is CC(SNC(=NO)c1cc(F)c(F)c2nc[nH]c12)N(C)C. The van der Waals surface area contributed by atoms with Gasteiger partial charge in [0.1, 0.15) is 5.52 Å². The highest BCUT2D eigenvalue weighted by Gasteiger charge is 2.19. The first-order valence-electron chi connectivity index (χ1n) is 6.07. The van der Waals surface area contributed by atoms with E-state index in [1.165, 1.54) is 18.3 Å². The largest absolute Gasteiger partial charge is 0.409 e. The van der Waals surface area contributed by atoms with Crippen LogP contribution in [0.3, 0.4) is 0 Å². The van der Waals surface area contributed by atoms with E-state index in [2.05, 4.69) is 19.8 Å². The second kappa shape index (κ2) is 6.27. The molecule has 1 aromatic carbocycles. The van der Waals surface area contributed by atoms with Gasteiger partial charge in [-0.2, -0.15) is 0 Å². The molecular weight excluding hydrogens is 300 g/mol. The predicted molar refractivity (Wildman–Crippen MR) is 78.2 cm³/mol. The molecule has 0 amide bonds. The summed E-state index contributed by atoms with van der Waals surface area (Å²) in [5.74, 6) is -2.08. The smallest absolute Gasteiger partial charge is 0.186 e. The fourth-order valence-corrected chi connectivity index (χ4v) is 2.25. The fourth-order valence-electron chi connectivity index (χ4n) is 1.60. The maximum atomic E-state index is 13.6. The number of rotatable bonds is 4. The Balaban J connectivity index is 2.35. The molecule has 1 aromatic heterocycles. The van der Waals surface area contributed by atoms with Crippen LogP contribution in [0.25, 0.3) is 11.0 Å². The van der Waals surface area contributed by atoms with Crippen LogP contribution in [0.1, 0.15) is 12.5 Å². The zero-order valence-corrected chi connectivity index (χ0v) is 12.5. The number of imidazole rings is 1. The lowest BCUT2D eigenvalue weighted by Gasteiger charge is -2.19. The molecule has 0 radical (unpaired) electrons. The molecule has 0 bridgehead atoms. The van der Waals surface area contributed by atoms with Crippen molar-refractivity contribution >= 4 is 28.8 Å². The number of hydrogen-bond donors (Lipinski definition) is 3. The minimum absolute atomic E-state index is 0.0156. The van der Waals surface area contributed by atoms with Gasteiger partial charge in [0.05, 0.1) is 22.8 Å². The third-order valence-electron chi connectivity index (χ3n) is 3.01. The van der Waals surface area contributed by atoms with E-state index in [-0.39, 0.29) is 27.8 Å².